The number of carbonyl (C=O) groups is 1. The Hall–Kier alpha value is -0.400. The summed E-state index contributed by atoms with van der Waals surface area (Å²) in [5.41, 5.74) is 0.766. The van der Waals surface area contributed by atoms with Crippen molar-refractivity contribution in [1.82, 2.24) is 5.32 Å². The van der Waals surface area contributed by atoms with E-state index in [2.05, 4.69) is 12.1 Å². The van der Waals surface area contributed by atoms with Crippen LogP contribution in [0.1, 0.15) is 148 Å². The molecule has 1 N–H and O–H groups in total. The first-order valence-corrected chi connectivity index (χ1v) is 15.9. The normalized spacial score (nSPS) is 36.9. The third kappa shape index (κ3) is 7.31. The predicted molar refractivity (Wildman–Crippen MR) is 151 cm³/mol. The minimum Gasteiger partial charge on any atom is -0.360 e. The maximum Gasteiger partial charge on any atom is 0.237 e. The van der Waals surface area contributed by atoms with Gasteiger partial charge in [-0.05, 0) is 62.7 Å². The Morgan fingerprint density at radius 1 is 0.618 bits per heavy atom. The van der Waals surface area contributed by atoms with E-state index < -0.39 is 0 Å². The number of amides is 1. The van der Waals surface area contributed by atoms with Crippen LogP contribution in [0.15, 0.2) is 0 Å². The smallest absolute Gasteiger partial charge is 0.237 e. The molecule has 2 bridgehead atoms. The van der Waals surface area contributed by atoms with Crippen LogP contribution in [0, 0.1) is 11.3 Å². The number of carbonyl (C=O) groups excluding carboxylic acids is 1. The molecule has 5 rings (SSSR count). The van der Waals surface area contributed by atoms with E-state index >= 15 is 0 Å². The Balaban J connectivity index is 1.27. The highest BCUT2D eigenvalue weighted by atomic mass is 16.1. The van der Waals surface area contributed by atoms with Gasteiger partial charge in [0.2, 0.25) is 7.28 Å². The molecule has 0 heterocycles. The highest BCUT2D eigenvalue weighted by molar-refractivity contribution is 6.74. The van der Waals surface area contributed by atoms with Crippen LogP contribution in [-0.2, 0) is 0 Å². The Bertz CT molecular complexity index is 588. The van der Waals surface area contributed by atoms with Gasteiger partial charge in [-0.1, -0.05) is 115 Å². The summed E-state index contributed by atoms with van der Waals surface area (Å²) in [6.07, 6.45) is 32.0. The third-order valence-corrected chi connectivity index (χ3v) is 11.2. The maximum absolute atomic E-state index is 13.2. The lowest BCUT2D eigenvalue weighted by molar-refractivity contribution is -0.0237. The van der Waals surface area contributed by atoms with Gasteiger partial charge in [-0.3, -0.25) is 4.79 Å². The maximum atomic E-state index is 13.2. The average molecular weight is 467 g/mol. The SMILES string of the molecule is CBC1CCCCCC(C23CCC(NC(=O)BC4CCCCCCCCC4)(CC2)CC3)CCC1. The lowest BCUT2D eigenvalue weighted by Crippen LogP contribution is -2.58. The Morgan fingerprint density at radius 3 is 1.71 bits per heavy atom. The Morgan fingerprint density at radius 2 is 1.09 bits per heavy atom. The van der Waals surface area contributed by atoms with E-state index in [0.29, 0.717) is 17.0 Å². The summed E-state index contributed by atoms with van der Waals surface area (Å²) in [6.45, 7) is 2.41. The minimum absolute atomic E-state index is 0.151. The first-order chi connectivity index (χ1) is 16.6. The van der Waals surface area contributed by atoms with Crippen LogP contribution in [-0.4, -0.2) is 25.9 Å². The van der Waals surface area contributed by atoms with Gasteiger partial charge in [-0.25, -0.2) is 0 Å². The van der Waals surface area contributed by atoms with Crippen LogP contribution >= 0.6 is 0 Å². The molecule has 0 saturated heterocycles. The van der Waals surface area contributed by atoms with Crippen molar-refractivity contribution >= 4 is 20.4 Å². The molecule has 192 valence electrons. The molecule has 5 aliphatic rings. The molecule has 5 aliphatic carbocycles. The van der Waals surface area contributed by atoms with Gasteiger partial charge in [0.1, 0.15) is 7.28 Å². The van der Waals surface area contributed by atoms with Gasteiger partial charge in [-0.15, -0.1) is 0 Å². The molecule has 0 aromatic carbocycles. The molecule has 0 radical (unpaired) electrons. The zero-order valence-electron chi connectivity index (χ0n) is 22.8. The monoisotopic (exact) mass is 467 g/mol. The van der Waals surface area contributed by atoms with E-state index in [1.54, 1.807) is 0 Å². The van der Waals surface area contributed by atoms with Gasteiger partial charge in [-0.2, -0.15) is 0 Å². The molecule has 34 heavy (non-hydrogen) atoms. The fourth-order valence-electron chi connectivity index (χ4n) is 8.68. The second-order valence-electron chi connectivity index (χ2n) is 13.4. The third-order valence-electron chi connectivity index (χ3n) is 11.2. The van der Waals surface area contributed by atoms with Crippen molar-refractivity contribution in [2.24, 2.45) is 11.3 Å². The quantitative estimate of drug-likeness (QED) is 0.403. The molecule has 1 amide bonds. The molecule has 2 nitrogen and oxygen atoms in total. The van der Waals surface area contributed by atoms with Crippen molar-refractivity contribution in [2.75, 3.05) is 0 Å². The standard InChI is InChI=1S/C30H55B2NO/c1-31-26-15-11-7-8-13-25(14-12-18-26)29-19-22-30(23-20-29,24-21-29)33-28(34)32-27-16-9-5-3-2-4-6-10-17-27/h25-27,31-32H,2-24H2,1H3,(H,33,34). The van der Waals surface area contributed by atoms with E-state index in [4.69, 9.17) is 0 Å². The van der Waals surface area contributed by atoms with Gasteiger partial charge in [0, 0.05) is 5.54 Å². The van der Waals surface area contributed by atoms with Crippen LogP contribution in [0.4, 0.5) is 4.79 Å². The van der Waals surface area contributed by atoms with Gasteiger partial charge >= 0.3 is 0 Å². The Kier molecular flexibility index (Phi) is 10.4. The van der Waals surface area contributed by atoms with Gasteiger partial charge in [0.15, 0.2) is 5.81 Å². The molecule has 5 saturated carbocycles. The van der Waals surface area contributed by atoms with Gasteiger partial charge in [0.25, 0.3) is 0 Å². The van der Waals surface area contributed by atoms with Gasteiger partial charge in [0.05, 0.1) is 0 Å². The summed E-state index contributed by atoms with van der Waals surface area (Å²) in [7, 11) is 2.19. The number of nitrogens with one attached hydrogen (secondary N) is 1. The summed E-state index contributed by atoms with van der Waals surface area (Å²) in [5.74, 6) is 2.97. The van der Waals surface area contributed by atoms with Crippen LogP contribution in [0.25, 0.3) is 0 Å². The van der Waals surface area contributed by atoms with Crippen molar-refractivity contribution < 1.29 is 4.79 Å². The lowest BCUT2D eigenvalue weighted by Gasteiger charge is -2.57. The van der Waals surface area contributed by atoms with E-state index in [1.165, 1.54) is 155 Å². The van der Waals surface area contributed by atoms with Crippen molar-refractivity contribution in [3.8, 4) is 0 Å². The summed E-state index contributed by atoms with van der Waals surface area (Å²) in [6, 6.07) is 0. The summed E-state index contributed by atoms with van der Waals surface area (Å²) in [4.78, 5) is 13.2. The Labute approximate surface area is 213 Å². The van der Waals surface area contributed by atoms with E-state index in [1.807, 2.05) is 0 Å². The van der Waals surface area contributed by atoms with Crippen LogP contribution in [0.5, 0.6) is 0 Å². The second-order valence-corrected chi connectivity index (χ2v) is 13.4. The average Bonchev–Trinajstić information content (AvgIpc) is 2.87. The fraction of sp³-hybridized carbons (Fsp3) is 0.967. The van der Waals surface area contributed by atoms with E-state index in [0.717, 1.165) is 19.0 Å². The minimum atomic E-state index is 0.151. The van der Waals surface area contributed by atoms with Crippen LogP contribution in [0.3, 0.4) is 0 Å². The van der Waals surface area contributed by atoms with Gasteiger partial charge < -0.3 is 5.32 Å². The predicted octanol–water partition coefficient (Wildman–Crippen LogP) is 8.56. The zero-order chi connectivity index (χ0) is 23.7. The largest absolute Gasteiger partial charge is 0.360 e. The molecule has 0 spiro atoms. The molecule has 4 heteroatoms. The van der Waals surface area contributed by atoms with Crippen molar-refractivity contribution in [1.29, 1.82) is 0 Å². The highest BCUT2D eigenvalue weighted by Gasteiger charge is 2.51. The number of fused-ring (bicyclic) bond motifs is 3. The second kappa shape index (κ2) is 13.2. The van der Waals surface area contributed by atoms with Crippen LogP contribution in [0.2, 0.25) is 18.5 Å². The van der Waals surface area contributed by atoms with E-state index in [9.17, 15) is 4.79 Å². The topological polar surface area (TPSA) is 29.1 Å². The first kappa shape index (κ1) is 26.7. The zero-order valence-corrected chi connectivity index (χ0v) is 22.8. The summed E-state index contributed by atoms with van der Waals surface area (Å²) < 4.78 is 0. The molecule has 0 aliphatic heterocycles. The highest BCUT2D eigenvalue weighted by Crippen LogP contribution is 2.58. The number of rotatable bonds is 5. The molecular weight excluding hydrogens is 412 g/mol. The van der Waals surface area contributed by atoms with Crippen LogP contribution < -0.4 is 5.32 Å². The first-order valence-electron chi connectivity index (χ1n) is 15.9. The van der Waals surface area contributed by atoms with Crippen molar-refractivity contribution in [3.05, 3.63) is 0 Å². The molecule has 0 aromatic rings. The molecule has 2 atom stereocenters. The van der Waals surface area contributed by atoms with E-state index in [-0.39, 0.29) is 5.54 Å². The fourth-order valence-corrected chi connectivity index (χ4v) is 8.68. The number of hydrogen-bond acceptors (Lipinski definition) is 1. The lowest BCUT2D eigenvalue weighted by atomic mass is 9.51. The molecule has 0 aromatic heterocycles. The molecular formula is C30H55B2NO. The number of hydrogen-bond donors (Lipinski definition) is 1. The van der Waals surface area contributed by atoms with Crippen molar-refractivity contribution in [3.63, 3.8) is 0 Å². The molecule has 5 fully saturated rings. The van der Waals surface area contributed by atoms with Crippen molar-refractivity contribution in [2.45, 2.75) is 172 Å². The molecule has 2 unspecified atom stereocenters. The summed E-state index contributed by atoms with van der Waals surface area (Å²) >= 11 is 0. The summed E-state index contributed by atoms with van der Waals surface area (Å²) in [5, 5.41) is 3.67.